The first kappa shape index (κ1) is 15.7. The third-order valence-electron chi connectivity index (χ3n) is 5.04. The molecule has 126 valence electrons. The van der Waals surface area contributed by atoms with Crippen LogP contribution in [0, 0.1) is 0 Å². The number of hydrogen-bond donors (Lipinski definition) is 0. The second-order valence-corrected chi connectivity index (χ2v) is 7.63. The summed E-state index contributed by atoms with van der Waals surface area (Å²) in [6, 6.07) is 6.61. The van der Waals surface area contributed by atoms with E-state index >= 15 is 0 Å². The van der Waals surface area contributed by atoms with Crippen LogP contribution >= 0.6 is 11.3 Å². The molecule has 2 fully saturated rings. The molecule has 2 atom stereocenters. The Morgan fingerprint density at radius 1 is 1.29 bits per heavy atom. The monoisotopic (exact) mass is 342 g/mol. The van der Waals surface area contributed by atoms with E-state index in [2.05, 4.69) is 26.8 Å². The molecule has 0 aliphatic carbocycles. The van der Waals surface area contributed by atoms with Crippen LogP contribution in [-0.4, -0.2) is 57.9 Å². The first-order chi connectivity index (χ1) is 11.7. The maximum Gasteiger partial charge on any atom is 0.229 e. The fraction of sp³-hybridized carbons (Fsp3) is 0.500. The summed E-state index contributed by atoms with van der Waals surface area (Å²) in [5.74, 6) is 0.232. The Balaban J connectivity index is 1.48. The summed E-state index contributed by atoms with van der Waals surface area (Å²) in [6.45, 7) is 2.09. The van der Waals surface area contributed by atoms with Crippen LogP contribution in [0.4, 0.5) is 0 Å². The predicted octanol–water partition coefficient (Wildman–Crippen LogP) is 2.44. The SMILES string of the molecule is CN1CCC2CC[C@H](C1)N2C(=O)Cc1csc(-c2ccccn2)n1. The Bertz CT molecular complexity index is 717. The molecular formula is C18H22N4OS. The van der Waals surface area contributed by atoms with Crippen LogP contribution in [0.2, 0.25) is 0 Å². The highest BCUT2D eigenvalue weighted by Crippen LogP contribution is 2.31. The first-order valence-corrected chi connectivity index (χ1v) is 9.44. The maximum absolute atomic E-state index is 12.9. The van der Waals surface area contributed by atoms with Crippen LogP contribution in [0.25, 0.3) is 10.7 Å². The summed E-state index contributed by atoms with van der Waals surface area (Å²) in [5, 5.41) is 2.88. The molecule has 24 heavy (non-hydrogen) atoms. The summed E-state index contributed by atoms with van der Waals surface area (Å²) in [7, 11) is 2.16. The van der Waals surface area contributed by atoms with Crippen molar-refractivity contribution in [2.24, 2.45) is 0 Å². The first-order valence-electron chi connectivity index (χ1n) is 8.56. The summed E-state index contributed by atoms with van der Waals surface area (Å²) in [6.07, 6.45) is 5.56. The van der Waals surface area contributed by atoms with Gasteiger partial charge in [-0.3, -0.25) is 9.78 Å². The van der Waals surface area contributed by atoms with E-state index in [1.807, 2.05) is 23.6 Å². The van der Waals surface area contributed by atoms with Gasteiger partial charge in [0, 0.05) is 30.2 Å². The minimum Gasteiger partial charge on any atom is -0.335 e. The zero-order chi connectivity index (χ0) is 16.5. The Morgan fingerprint density at radius 3 is 3.00 bits per heavy atom. The van der Waals surface area contributed by atoms with Crippen LogP contribution in [0.15, 0.2) is 29.8 Å². The molecule has 2 aromatic rings. The van der Waals surface area contributed by atoms with E-state index in [0.29, 0.717) is 18.5 Å². The fourth-order valence-corrected chi connectivity index (χ4v) is 4.69. The molecule has 2 aliphatic rings. The van der Waals surface area contributed by atoms with Crippen molar-refractivity contribution < 1.29 is 4.79 Å². The minimum atomic E-state index is 0.232. The van der Waals surface area contributed by atoms with Crippen LogP contribution in [0.3, 0.4) is 0 Å². The number of carbonyl (C=O) groups is 1. The van der Waals surface area contributed by atoms with Gasteiger partial charge in [0.2, 0.25) is 5.91 Å². The van der Waals surface area contributed by atoms with E-state index in [1.165, 1.54) is 0 Å². The third-order valence-corrected chi connectivity index (χ3v) is 5.96. The van der Waals surface area contributed by atoms with Crippen LogP contribution in [0.5, 0.6) is 0 Å². The number of likely N-dealkylation sites (tertiary alicyclic amines) is 1. The number of nitrogens with zero attached hydrogens (tertiary/aromatic N) is 4. The second kappa shape index (κ2) is 6.61. The Labute approximate surface area is 146 Å². The van der Waals surface area contributed by atoms with Gasteiger partial charge in [-0.15, -0.1) is 11.3 Å². The minimum absolute atomic E-state index is 0.232. The van der Waals surface area contributed by atoms with E-state index in [1.54, 1.807) is 17.5 Å². The van der Waals surface area contributed by atoms with E-state index < -0.39 is 0 Å². The van der Waals surface area contributed by atoms with E-state index in [-0.39, 0.29) is 5.91 Å². The third kappa shape index (κ3) is 3.08. The van der Waals surface area contributed by atoms with Crippen molar-refractivity contribution in [1.29, 1.82) is 0 Å². The lowest BCUT2D eigenvalue weighted by molar-refractivity contribution is -0.133. The lowest BCUT2D eigenvalue weighted by Crippen LogP contribution is -2.43. The van der Waals surface area contributed by atoms with Gasteiger partial charge in [0.25, 0.3) is 0 Å². The molecular weight excluding hydrogens is 320 g/mol. The predicted molar refractivity (Wildman–Crippen MR) is 94.8 cm³/mol. The molecule has 2 saturated heterocycles. The molecule has 6 heteroatoms. The van der Waals surface area contributed by atoms with Gasteiger partial charge in [-0.1, -0.05) is 6.07 Å². The summed E-state index contributed by atoms with van der Waals surface area (Å²) in [4.78, 5) is 26.4. The number of fused-ring (bicyclic) bond motifs is 2. The van der Waals surface area contributed by atoms with Crippen molar-refractivity contribution in [1.82, 2.24) is 19.8 Å². The number of thiazole rings is 1. The van der Waals surface area contributed by atoms with Gasteiger partial charge in [0.05, 0.1) is 17.8 Å². The number of hydrogen-bond acceptors (Lipinski definition) is 5. The average Bonchev–Trinajstić information content (AvgIpc) is 3.16. The summed E-state index contributed by atoms with van der Waals surface area (Å²) in [5.41, 5.74) is 1.74. The molecule has 5 nitrogen and oxygen atoms in total. The number of pyridine rings is 1. The van der Waals surface area contributed by atoms with Gasteiger partial charge in [-0.2, -0.15) is 0 Å². The van der Waals surface area contributed by atoms with Gasteiger partial charge in [-0.25, -0.2) is 4.98 Å². The Hall–Kier alpha value is -1.79. The van der Waals surface area contributed by atoms with E-state index in [9.17, 15) is 4.79 Å². The zero-order valence-electron chi connectivity index (χ0n) is 13.9. The molecule has 2 aliphatic heterocycles. The Morgan fingerprint density at radius 2 is 2.17 bits per heavy atom. The van der Waals surface area contributed by atoms with Crippen molar-refractivity contribution in [3.63, 3.8) is 0 Å². The van der Waals surface area contributed by atoms with E-state index in [0.717, 1.165) is 48.7 Å². The second-order valence-electron chi connectivity index (χ2n) is 6.77. The molecule has 2 bridgehead atoms. The van der Waals surface area contributed by atoms with Crippen LogP contribution in [-0.2, 0) is 11.2 Å². The molecule has 0 aromatic carbocycles. The largest absolute Gasteiger partial charge is 0.335 e. The number of carbonyl (C=O) groups excluding carboxylic acids is 1. The number of aromatic nitrogens is 2. The lowest BCUT2D eigenvalue weighted by atomic mass is 10.1. The topological polar surface area (TPSA) is 49.3 Å². The lowest BCUT2D eigenvalue weighted by Gasteiger charge is -2.28. The average molecular weight is 342 g/mol. The summed E-state index contributed by atoms with van der Waals surface area (Å²) < 4.78 is 0. The van der Waals surface area contributed by atoms with Gasteiger partial charge < -0.3 is 9.80 Å². The smallest absolute Gasteiger partial charge is 0.229 e. The number of amides is 1. The van der Waals surface area contributed by atoms with Gasteiger partial charge in [0.15, 0.2) is 0 Å². The van der Waals surface area contributed by atoms with Crippen molar-refractivity contribution in [2.75, 3.05) is 20.1 Å². The number of likely N-dealkylation sites (N-methyl/N-ethyl adjacent to an activating group) is 1. The summed E-state index contributed by atoms with van der Waals surface area (Å²) >= 11 is 1.56. The Kier molecular flexibility index (Phi) is 4.33. The van der Waals surface area contributed by atoms with Gasteiger partial charge in [0.1, 0.15) is 5.01 Å². The highest BCUT2D eigenvalue weighted by Gasteiger charge is 2.39. The molecule has 1 unspecified atom stereocenters. The van der Waals surface area contributed by atoms with Crippen molar-refractivity contribution in [3.8, 4) is 10.7 Å². The molecule has 1 amide bonds. The van der Waals surface area contributed by atoms with Crippen molar-refractivity contribution in [2.45, 2.75) is 37.8 Å². The van der Waals surface area contributed by atoms with E-state index in [4.69, 9.17) is 0 Å². The van der Waals surface area contributed by atoms with Crippen molar-refractivity contribution >= 4 is 17.2 Å². The molecule has 4 rings (SSSR count). The molecule has 0 N–H and O–H groups in total. The number of rotatable bonds is 3. The fourth-order valence-electron chi connectivity index (χ4n) is 3.89. The molecule has 2 aromatic heterocycles. The highest BCUT2D eigenvalue weighted by molar-refractivity contribution is 7.13. The maximum atomic E-state index is 12.9. The van der Waals surface area contributed by atoms with Gasteiger partial charge in [-0.05, 0) is 45.0 Å². The molecule has 0 saturated carbocycles. The highest BCUT2D eigenvalue weighted by atomic mass is 32.1. The van der Waals surface area contributed by atoms with Crippen LogP contribution in [0.1, 0.15) is 25.0 Å². The molecule has 4 heterocycles. The van der Waals surface area contributed by atoms with Crippen molar-refractivity contribution in [3.05, 3.63) is 35.5 Å². The van der Waals surface area contributed by atoms with Crippen LogP contribution < -0.4 is 0 Å². The van der Waals surface area contributed by atoms with Gasteiger partial charge >= 0.3 is 0 Å². The molecule has 0 spiro atoms. The molecule has 0 radical (unpaired) electrons. The quantitative estimate of drug-likeness (QED) is 0.860. The zero-order valence-corrected chi connectivity index (χ0v) is 14.7. The standard InChI is InChI=1S/C18H22N4OS/c1-21-9-7-14-5-6-15(11-21)22(14)17(23)10-13-12-24-18(20-13)16-4-2-3-8-19-16/h2-4,8,12,14-15H,5-7,9-11H2,1H3/t14?,15-/m1/s1. The normalized spacial score (nSPS) is 24.1.